The zero-order valence-corrected chi connectivity index (χ0v) is 6.23. The van der Waals surface area contributed by atoms with E-state index < -0.39 is 0 Å². The molecule has 1 aliphatic carbocycles. The lowest BCUT2D eigenvalue weighted by molar-refractivity contribution is 0.962. The molecular weight excluding hydrogens is 130 g/mol. The van der Waals surface area contributed by atoms with Gasteiger partial charge < -0.3 is 0 Å². The molecule has 1 nitrogen and oxygen atoms in total. The predicted octanol–water partition coefficient (Wildman–Crippen LogP) is 2.10. The maximum atomic E-state index is 3.92. The monoisotopic (exact) mass is 141 g/mol. The average molecular weight is 141 g/mol. The molecule has 50 valence electrons. The Morgan fingerprint density at radius 1 is 1.22 bits per heavy atom. The molecule has 0 aromatic rings. The van der Waals surface area contributed by atoms with Gasteiger partial charge in [0, 0.05) is 12.3 Å². The van der Waals surface area contributed by atoms with Crippen molar-refractivity contribution in [3.63, 3.8) is 0 Å². The first-order valence-corrected chi connectivity index (χ1v) is 4.30. The molecule has 0 fully saturated rings. The van der Waals surface area contributed by atoms with Crippen molar-refractivity contribution in [2.45, 2.75) is 12.8 Å². The number of nitrogens with zero attached hydrogens (tertiary/aromatic N) is 1. The van der Waals surface area contributed by atoms with E-state index in [-0.39, 0.29) is 0 Å². The molecule has 0 atom stereocenters. The maximum Gasteiger partial charge on any atom is 0.0542 e. The summed E-state index contributed by atoms with van der Waals surface area (Å²) in [7, 11) is 0. The number of thioether (sulfide) groups is 1. The lowest BCUT2D eigenvalue weighted by Crippen LogP contribution is -1.71. The number of allylic oxidation sites excluding steroid dienone is 2. The van der Waals surface area contributed by atoms with Crippen LogP contribution in [0.1, 0.15) is 12.8 Å². The van der Waals surface area contributed by atoms with Crippen LogP contribution in [0, 0.1) is 0 Å². The summed E-state index contributed by atoms with van der Waals surface area (Å²) in [5.41, 5.74) is 1.90. The smallest absolute Gasteiger partial charge is 0.0542 e. The molecule has 0 aromatic heterocycles. The SMILES string of the molecule is C1=CCC1.C1=NCCS1. The molecule has 0 bridgehead atoms. The topological polar surface area (TPSA) is 12.4 Å². The van der Waals surface area contributed by atoms with Gasteiger partial charge in [0.25, 0.3) is 0 Å². The molecule has 0 N–H and O–H groups in total. The van der Waals surface area contributed by atoms with Crippen molar-refractivity contribution in [3.05, 3.63) is 12.2 Å². The summed E-state index contributed by atoms with van der Waals surface area (Å²) < 4.78 is 0. The Morgan fingerprint density at radius 2 is 1.89 bits per heavy atom. The van der Waals surface area contributed by atoms with Crippen LogP contribution in [0.5, 0.6) is 0 Å². The Morgan fingerprint density at radius 3 is 2.00 bits per heavy atom. The summed E-state index contributed by atoms with van der Waals surface area (Å²) >= 11 is 1.78. The molecule has 0 unspecified atom stereocenters. The summed E-state index contributed by atoms with van der Waals surface area (Å²) in [6.45, 7) is 1.03. The van der Waals surface area contributed by atoms with Crippen molar-refractivity contribution < 1.29 is 0 Å². The first-order valence-electron chi connectivity index (χ1n) is 3.25. The largest absolute Gasteiger partial charge is 0.285 e. The molecular formula is C7H11NS. The molecule has 0 amide bonds. The fourth-order valence-corrected chi connectivity index (χ4v) is 0.957. The van der Waals surface area contributed by atoms with Crippen molar-refractivity contribution in [3.8, 4) is 0 Å². The molecule has 2 heteroatoms. The fourth-order valence-electron chi connectivity index (χ4n) is 0.430. The molecule has 1 aliphatic heterocycles. The third-order valence-electron chi connectivity index (χ3n) is 1.15. The molecule has 0 spiro atoms. The number of rotatable bonds is 0. The zero-order chi connectivity index (χ0) is 6.36. The van der Waals surface area contributed by atoms with E-state index in [1.54, 1.807) is 11.8 Å². The van der Waals surface area contributed by atoms with Crippen molar-refractivity contribution >= 4 is 17.3 Å². The third-order valence-corrected chi connectivity index (χ3v) is 1.87. The quantitative estimate of drug-likeness (QED) is 0.470. The normalized spacial score (nSPS) is 20.4. The average Bonchev–Trinajstić information content (AvgIpc) is 2.07. The molecule has 0 saturated carbocycles. The summed E-state index contributed by atoms with van der Waals surface area (Å²) in [6, 6.07) is 0. The summed E-state index contributed by atoms with van der Waals surface area (Å²) in [5.74, 6) is 1.19. The first-order chi connectivity index (χ1) is 4.50. The predicted molar refractivity (Wildman–Crippen MR) is 44.2 cm³/mol. The van der Waals surface area contributed by atoms with Crippen molar-refractivity contribution in [1.29, 1.82) is 0 Å². The molecule has 0 radical (unpaired) electrons. The van der Waals surface area contributed by atoms with Gasteiger partial charge in [-0.2, -0.15) is 0 Å². The van der Waals surface area contributed by atoms with Gasteiger partial charge >= 0.3 is 0 Å². The Balaban J connectivity index is 0.0000000922. The second-order valence-corrected chi connectivity index (χ2v) is 2.88. The number of hydrogen-bond donors (Lipinski definition) is 0. The van der Waals surface area contributed by atoms with Crippen LogP contribution >= 0.6 is 11.8 Å². The Hall–Kier alpha value is -0.240. The van der Waals surface area contributed by atoms with Crippen molar-refractivity contribution in [1.82, 2.24) is 0 Å². The summed E-state index contributed by atoms with van der Waals surface area (Å²) in [6.07, 6.45) is 7.00. The van der Waals surface area contributed by atoms with E-state index in [0.717, 1.165) is 6.54 Å². The Kier molecular flexibility index (Phi) is 3.53. The van der Waals surface area contributed by atoms with Crippen LogP contribution in [0.25, 0.3) is 0 Å². The highest BCUT2D eigenvalue weighted by Gasteiger charge is 1.86. The van der Waals surface area contributed by atoms with Gasteiger partial charge in [0.05, 0.1) is 5.55 Å². The van der Waals surface area contributed by atoms with E-state index in [4.69, 9.17) is 0 Å². The molecule has 9 heavy (non-hydrogen) atoms. The molecule has 2 aliphatic rings. The van der Waals surface area contributed by atoms with Gasteiger partial charge in [0.1, 0.15) is 0 Å². The van der Waals surface area contributed by atoms with E-state index >= 15 is 0 Å². The van der Waals surface area contributed by atoms with E-state index in [2.05, 4.69) is 17.1 Å². The minimum atomic E-state index is 1.03. The number of hydrogen-bond acceptors (Lipinski definition) is 2. The standard InChI is InChI=1S/C4H6.C3H5NS/c1-2-4-3-1;1-2-5-3-4-1/h1-2H,3-4H2;3H,1-2H2. The minimum absolute atomic E-state index is 1.03. The highest BCUT2D eigenvalue weighted by molar-refractivity contribution is 8.12. The van der Waals surface area contributed by atoms with E-state index in [1.807, 2.05) is 5.55 Å². The second kappa shape index (κ2) is 4.62. The summed E-state index contributed by atoms with van der Waals surface area (Å²) in [5, 5.41) is 0. The van der Waals surface area contributed by atoms with Gasteiger partial charge in [-0.1, -0.05) is 12.2 Å². The van der Waals surface area contributed by atoms with E-state index in [0.29, 0.717) is 0 Å². The second-order valence-electron chi connectivity index (χ2n) is 1.93. The zero-order valence-electron chi connectivity index (χ0n) is 5.42. The molecule has 0 saturated heterocycles. The maximum absolute atomic E-state index is 3.92. The third kappa shape index (κ3) is 3.36. The first kappa shape index (κ1) is 6.87. The summed E-state index contributed by atoms with van der Waals surface area (Å²) in [4.78, 5) is 3.92. The minimum Gasteiger partial charge on any atom is -0.285 e. The van der Waals surface area contributed by atoms with Gasteiger partial charge in [0.15, 0.2) is 0 Å². The lowest BCUT2D eigenvalue weighted by atomic mass is 10.1. The Bertz CT molecular complexity index is 106. The molecule has 1 heterocycles. The van der Waals surface area contributed by atoms with E-state index in [9.17, 15) is 0 Å². The van der Waals surface area contributed by atoms with Gasteiger partial charge in [-0.15, -0.1) is 11.8 Å². The van der Waals surface area contributed by atoms with Crippen molar-refractivity contribution in [2.24, 2.45) is 4.99 Å². The van der Waals surface area contributed by atoms with Crippen LogP contribution < -0.4 is 0 Å². The highest BCUT2D eigenvalue weighted by Crippen LogP contribution is 2.01. The number of aliphatic imine (C=N–C) groups is 1. The van der Waals surface area contributed by atoms with Crippen LogP contribution in [-0.4, -0.2) is 17.8 Å². The highest BCUT2D eigenvalue weighted by atomic mass is 32.2. The van der Waals surface area contributed by atoms with E-state index in [1.165, 1.54) is 18.6 Å². The fraction of sp³-hybridized carbons (Fsp3) is 0.571. The van der Waals surface area contributed by atoms with Crippen LogP contribution in [0.4, 0.5) is 0 Å². The van der Waals surface area contributed by atoms with Crippen molar-refractivity contribution in [2.75, 3.05) is 12.3 Å². The molecule has 0 aromatic carbocycles. The van der Waals surface area contributed by atoms with Crippen LogP contribution in [0.15, 0.2) is 17.1 Å². The van der Waals surface area contributed by atoms with Crippen LogP contribution in [0.2, 0.25) is 0 Å². The van der Waals surface area contributed by atoms with Gasteiger partial charge in [-0.25, -0.2) is 0 Å². The van der Waals surface area contributed by atoms with Gasteiger partial charge in [0.2, 0.25) is 0 Å². The lowest BCUT2D eigenvalue weighted by Gasteiger charge is -1.92. The van der Waals surface area contributed by atoms with Crippen LogP contribution in [0.3, 0.4) is 0 Å². The Labute approximate surface area is 60.3 Å². The molecule has 2 rings (SSSR count). The van der Waals surface area contributed by atoms with Gasteiger partial charge in [-0.3, -0.25) is 4.99 Å². The van der Waals surface area contributed by atoms with Crippen LogP contribution in [-0.2, 0) is 0 Å². The van der Waals surface area contributed by atoms with Gasteiger partial charge in [-0.05, 0) is 12.8 Å².